The molecule has 0 aliphatic rings. The summed E-state index contributed by atoms with van der Waals surface area (Å²) in [5.41, 5.74) is 8.01. The van der Waals surface area contributed by atoms with Gasteiger partial charge in [0.05, 0.1) is 0 Å². The van der Waals surface area contributed by atoms with E-state index in [1.165, 1.54) is 6.42 Å². The minimum Gasteiger partial charge on any atom is -0.398 e. The van der Waals surface area contributed by atoms with E-state index in [2.05, 4.69) is 31.1 Å². The summed E-state index contributed by atoms with van der Waals surface area (Å²) in [5.74, 6) is 1.13. The van der Waals surface area contributed by atoms with E-state index in [1.807, 2.05) is 24.0 Å². The minimum absolute atomic E-state index is 0.477. The van der Waals surface area contributed by atoms with Gasteiger partial charge in [-0.2, -0.15) is 11.8 Å². The zero-order valence-electron chi connectivity index (χ0n) is 12.4. The molecular formula is C15H27N3S. The summed E-state index contributed by atoms with van der Waals surface area (Å²) in [6.07, 6.45) is 6.99. The van der Waals surface area contributed by atoms with Crippen molar-refractivity contribution in [3.05, 3.63) is 24.0 Å². The second-order valence-electron chi connectivity index (χ2n) is 4.98. The second kappa shape index (κ2) is 9.21. The average molecular weight is 281 g/mol. The van der Waals surface area contributed by atoms with Gasteiger partial charge in [-0.1, -0.05) is 20.8 Å². The van der Waals surface area contributed by atoms with Crippen LogP contribution in [0.2, 0.25) is 0 Å². The zero-order chi connectivity index (χ0) is 14.1. The zero-order valence-corrected chi connectivity index (χ0v) is 13.2. The van der Waals surface area contributed by atoms with Gasteiger partial charge in [-0.3, -0.25) is 4.98 Å². The fourth-order valence-corrected chi connectivity index (χ4v) is 2.84. The normalized spacial score (nSPS) is 14.3. The summed E-state index contributed by atoms with van der Waals surface area (Å²) < 4.78 is 0. The molecule has 0 aliphatic heterocycles. The van der Waals surface area contributed by atoms with Crippen LogP contribution in [-0.2, 0) is 6.42 Å². The molecule has 0 radical (unpaired) electrons. The number of pyridine rings is 1. The average Bonchev–Trinajstić information content (AvgIpc) is 2.43. The Kier molecular flexibility index (Phi) is 7.91. The Morgan fingerprint density at radius 2 is 2.21 bits per heavy atom. The lowest BCUT2D eigenvalue weighted by molar-refractivity contribution is 0.549. The van der Waals surface area contributed by atoms with Gasteiger partial charge >= 0.3 is 0 Å². The molecule has 1 rings (SSSR count). The molecule has 1 aromatic rings. The first-order valence-electron chi connectivity index (χ1n) is 7.20. The van der Waals surface area contributed by atoms with E-state index in [9.17, 15) is 0 Å². The first-order chi connectivity index (χ1) is 9.17. The molecule has 19 heavy (non-hydrogen) atoms. The number of anilines is 1. The van der Waals surface area contributed by atoms with E-state index in [0.717, 1.165) is 41.6 Å². The van der Waals surface area contributed by atoms with Gasteiger partial charge in [0.15, 0.2) is 0 Å². The van der Waals surface area contributed by atoms with E-state index >= 15 is 0 Å². The summed E-state index contributed by atoms with van der Waals surface area (Å²) in [5, 5.41) is 4.34. The van der Waals surface area contributed by atoms with Crippen molar-refractivity contribution in [2.45, 2.75) is 51.3 Å². The Balaban J connectivity index is 2.55. The first-order valence-corrected chi connectivity index (χ1v) is 8.25. The summed E-state index contributed by atoms with van der Waals surface area (Å²) >= 11 is 2.04. The standard InChI is InChI=1S/C15H27N3S/c1-4-7-18-14(11-19-12(3)5-2)9-13-10-17-8-6-15(13)16/h6,8,10,12,14,18H,4-5,7,9,11H2,1-3H3,(H2,16,17). The topological polar surface area (TPSA) is 50.9 Å². The molecule has 0 saturated carbocycles. The van der Waals surface area contributed by atoms with Crippen LogP contribution in [0.4, 0.5) is 5.69 Å². The van der Waals surface area contributed by atoms with Crippen molar-refractivity contribution in [3.8, 4) is 0 Å². The Morgan fingerprint density at radius 1 is 1.42 bits per heavy atom. The van der Waals surface area contributed by atoms with Gasteiger partial charge in [0.1, 0.15) is 0 Å². The van der Waals surface area contributed by atoms with Gasteiger partial charge in [-0.15, -0.1) is 0 Å². The Morgan fingerprint density at radius 3 is 2.84 bits per heavy atom. The van der Waals surface area contributed by atoms with Gasteiger partial charge in [-0.05, 0) is 37.4 Å². The number of nitrogens with zero attached hydrogens (tertiary/aromatic N) is 1. The van der Waals surface area contributed by atoms with E-state index in [1.54, 1.807) is 6.20 Å². The molecule has 2 unspecified atom stereocenters. The Labute approximate surface area is 121 Å². The van der Waals surface area contributed by atoms with Crippen LogP contribution < -0.4 is 11.1 Å². The van der Waals surface area contributed by atoms with Gasteiger partial charge < -0.3 is 11.1 Å². The number of aromatic nitrogens is 1. The Hall–Kier alpha value is -0.740. The van der Waals surface area contributed by atoms with Crippen molar-refractivity contribution in [1.29, 1.82) is 0 Å². The highest BCUT2D eigenvalue weighted by atomic mass is 32.2. The van der Waals surface area contributed by atoms with Crippen molar-refractivity contribution in [2.24, 2.45) is 0 Å². The highest BCUT2D eigenvalue weighted by molar-refractivity contribution is 7.99. The molecule has 0 spiro atoms. The predicted molar refractivity (Wildman–Crippen MR) is 86.6 cm³/mol. The number of nitrogen functional groups attached to an aromatic ring is 1. The van der Waals surface area contributed by atoms with Crippen molar-refractivity contribution in [1.82, 2.24) is 10.3 Å². The SMILES string of the molecule is CCCNC(CSC(C)CC)Cc1cnccc1N. The lowest BCUT2D eigenvalue weighted by Crippen LogP contribution is -2.34. The monoisotopic (exact) mass is 281 g/mol. The highest BCUT2D eigenvalue weighted by Gasteiger charge is 2.12. The maximum absolute atomic E-state index is 6.01. The summed E-state index contributed by atoms with van der Waals surface area (Å²) in [7, 11) is 0. The molecule has 1 heterocycles. The van der Waals surface area contributed by atoms with Crippen molar-refractivity contribution < 1.29 is 0 Å². The maximum Gasteiger partial charge on any atom is 0.0378 e. The van der Waals surface area contributed by atoms with Gasteiger partial charge in [0, 0.05) is 35.1 Å². The molecule has 0 saturated heterocycles. The maximum atomic E-state index is 6.01. The third-order valence-corrected chi connectivity index (χ3v) is 4.74. The summed E-state index contributed by atoms with van der Waals surface area (Å²) in [4.78, 5) is 4.18. The molecule has 3 nitrogen and oxygen atoms in total. The third kappa shape index (κ3) is 6.30. The summed E-state index contributed by atoms with van der Waals surface area (Å²) in [6.45, 7) is 7.79. The molecule has 108 valence electrons. The molecular weight excluding hydrogens is 254 g/mol. The van der Waals surface area contributed by atoms with E-state index in [0.29, 0.717) is 6.04 Å². The molecule has 0 amide bonds. The lowest BCUT2D eigenvalue weighted by Gasteiger charge is -2.20. The number of thioether (sulfide) groups is 1. The number of rotatable bonds is 9. The highest BCUT2D eigenvalue weighted by Crippen LogP contribution is 2.18. The summed E-state index contributed by atoms with van der Waals surface area (Å²) in [6, 6.07) is 2.36. The number of hydrogen-bond donors (Lipinski definition) is 2. The van der Waals surface area contributed by atoms with Crippen LogP contribution in [0.1, 0.15) is 39.2 Å². The molecule has 0 bridgehead atoms. The van der Waals surface area contributed by atoms with E-state index in [-0.39, 0.29) is 0 Å². The van der Waals surface area contributed by atoms with Crippen LogP contribution in [0.3, 0.4) is 0 Å². The minimum atomic E-state index is 0.477. The van der Waals surface area contributed by atoms with Gasteiger partial charge in [0.25, 0.3) is 0 Å². The van der Waals surface area contributed by atoms with Gasteiger partial charge in [-0.25, -0.2) is 0 Å². The van der Waals surface area contributed by atoms with Crippen LogP contribution in [0.5, 0.6) is 0 Å². The van der Waals surface area contributed by atoms with Crippen molar-refractivity contribution >= 4 is 17.4 Å². The fourth-order valence-electron chi connectivity index (χ4n) is 1.81. The molecule has 0 fully saturated rings. The van der Waals surface area contributed by atoms with Gasteiger partial charge in [0.2, 0.25) is 0 Å². The van der Waals surface area contributed by atoms with Crippen molar-refractivity contribution in [3.63, 3.8) is 0 Å². The van der Waals surface area contributed by atoms with E-state index in [4.69, 9.17) is 5.73 Å². The second-order valence-corrected chi connectivity index (χ2v) is 6.45. The fraction of sp³-hybridized carbons (Fsp3) is 0.667. The quantitative estimate of drug-likeness (QED) is 0.730. The number of nitrogens with two attached hydrogens (primary N) is 1. The molecule has 3 N–H and O–H groups in total. The number of nitrogens with one attached hydrogen (secondary N) is 1. The molecule has 4 heteroatoms. The van der Waals surface area contributed by atoms with Crippen molar-refractivity contribution in [2.75, 3.05) is 18.0 Å². The Bertz CT molecular complexity index is 357. The van der Waals surface area contributed by atoms with E-state index < -0.39 is 0 Å². The molecule has 2 atom stereocenters. The van der Waals surface area contributed by atoms with Crippen LogP contribution in [0, 0.1) is 0 Å². The van der Waals surface area contributed by atoms with Crippen LogP contribution in [0.25, 0.3) is 0 Å². The number of hydrogen-bond acceptors (Lipinski definition) is 4. The predicted octanol–water partition coefficient (Wildman–Crippen LogP) is 3.11. The molecule has 1 aromatic heterocycles. The van der Waals surface area contributed by atoms with Crippen LogP contribution in [-0.4, -0.2) is 28.6 Å². The smallest absolute Gasteiger partial charge is 0.0378 e. The third-order valence-electron chi connectivity index (χ3n) is 3.25. The molecule has 0 aromatic carbocycles. The largest absolute Gasteiger partial charge is 0.398 e. The lowest BCUT2D eigenvalue weighted by atomic mass is 10.1. The first kappa shape index (κ1) is 16.3. The van der Waals surface area contributed by atoms with Crippen LogP contribution >= 0.6 is 11.8 Å². The van der Waals surface area contributed by atoms with Crippen LogP contribution in [0.15, 0.2) is 18.5 Å². The molecule has 0 aliphatic carbocycles.